The molecule has 0 amide bonds. The van der Waals surface area contributed by atoms with Crippen molar-refractivity contribution >= 4 is 16.9 Å². The standard InChI is InChI=1S/C21H24O5/c1-2-13-7-17-16(9-21(24)26-19(17)10-18(13)22)11-25-20(23)8-15-6-12-3-4-14(15)5-12/h7,9-10,12,14-15,22H,2-6,8,11H2,1H3/t12-,14+,15+/m0/s1. The van der Waals surface area contributed by atoms with Crippen LogP contribution in [0.15, 0.2) is 27.4 Å². The van der Waals surface area contributed by atoms with E-state index in [0.717, 1.165) is 17.9 Å². The molecule has 3 atom stereocenters. The van der Waals surface area contributed by atoms with Crippen LogP contribution in [0, 0.1) is 17.8 Å². The Balaban J connectivity index is 1.49. The minimum absolute atomic E-state index is 0.0513. The van der Waals surface area contributed by atoms with Gasteiger partial charge < -0.3 is 14.3 Å². The molecule has 26 heavy (non-hydrogen) atoms. The molecule has 1 heterocycles. The summed E-state index contributed by atoms with van der Waals surface area (Å²) in [6.45, 7) is 1.99. The van der Waals surface area contributed by atoms with Gasteiger partial charge in [0.1, 0.15) is 17.9 Å². The molecule has 2 bridgehead atoms. The number of aryl methyl sites for hydroxylation is 1. The van der Waals surface area contributed by atoms with Crippen molar-refractivity contribution in [1.82, 2.24) is 0 Å². The van der Waals surface area contributed by atoms with E-state index in [-0.39, 0.29) is 18.3 Å². The second-order valence-corrected chi connectivity index (χ2v) is 7.72. The molecular formula is C21H24O5. The predicted molar refractivity (Wildman–Crippen MR) is 96.9 cm³/mol. The van der Waals surface area contributed by atoms with E-state index in [1.54, 1.807) is 6.07 Å². The fraction of sp³-hybridized carbons (Fsp3) is 0.524. The van der Waals surface area contributed by atoms with Crippen molar-refractivity contribution in [2.24, 2.45) is 17.8 Å². The largest absolute Gasteiger partial charge is 0.508 e. The molecule has 1 aromatic carbocycles. The number of ether oxygens (including phenoxy) is 1. The third-order valence-corrected chi connectivity index (χ3v) is 6.11. The third kappa shape index (κ3) is 3.22. The fourth-order valence-electron chi connectivity index (χ4n) is 4.77. The SMILES string of the molecule is CCc1cc2c(COC(=O)C[C@H]3C[C@H]4CC[C@@H]3C4)cc(=O)oc2cc1O. The Bertz CT molecular complexity index is 897. The second-order valence-electron chi connectivity index (χ2n) is 7.72. The van der Waals surface area contributed by atoms with Crippen LogP contribution in [-0.4, -0.2) is 11.1 Å². The molecule has 2 saturated carbocycles. The van der Waals surface area contributed by atoms with E-state index in [4.69, 9.17) is 9.15 Å². The minimum atomic E-state index is -0.514. The molecule has 5 heteroatoms. The van der Waals surface area contributed by atoms with Gasteiger partial charge in [-0.1, -0.05) is 13.3 Å². The Hall–Kier alpha value is -2.30. The Morgan fingerprint density at radius 1 is 1.23 bits per heavy atom. The normalized spacial score (nSPS) is 24.3. The lowest BCUT2D eigenvalue weighted by Crippen LogP contribution is -2.17. The van der Waals surface area contributed by atoms with Gasteiger partial charge in [0.05, 0.1) is 0 Å². The molecule has 0 saturated heterocycles. The predicted octanol–water partition coefficient (Wildman–Crippen LogP) is 3.93. The van der Waals surface area contributed by atoms with Crippen molar-refractivity contribution in [2.75, 3.05) is 0 Å². The van der Waals surface area contributed by atoms with Crippen LogP contribution in [0.5, 0.6) is 5.75 Å². The lowest BCUT2D eigenvalue weighted by atomic mass is 9.86. The van der Waals surface area contributed by atoms with Crippen molar-refractivity contribution < 1.29 is 19.1 Å². The van der Waals surface area contributed by atoms with Gasteiger partial charge in [0, 0.05) is 29.5 Å². The molecule has 2 aliphatic rings. The van der Waals surface area contributed by atoms with E-state index in [9.17, 15) is 14.7 Å². The topological polar surface area (TPSA) is 76.7 Å². The number of carbonyl (C=O) groups is 1. The summed E-state index contributed by atoms with van der Waals surface area (Å²) in [7, 11) is 0. The third-order valence-electron chi connectivity index (χ3n) is 6.11. The maximum atomic E-state index is 12.3. The number of hydrogen-bond acceptors (Lipinski definition) is 5. The van der Waals surface area contributed by atoms with Gasteiger partial charge in [0.2, 0.25) is 0 Å². The fourth-order valence-corrected chi connectivity index (χ4v) is 4.77. The Labute approximate surface area is 152 Å². The summed E-state index contributed by atoms with van der Waals surface area (Å²) in [5.74, 6) is 1.86. The second kappa shape index (κ2) is 6.78. The number of hydrogen-bond donors (Lipinski definition) is 1. The van der Waals surface area contributed by atoms with Gasteiger partial charge in [-0.15, -0.1) is 0 Å². The summed E-state index contributed by atoms with van der Waals surface area (Å²) >= 11 is 0. The summed E-state index contributed by atoms with van der Waals surface area (Å²) in [5.41, 5.74) is 1.18. The maximum Gasteiger partial charge on any atom is 0.336 e. The van der Waals surface area contributed by atoms with E-state index in [1.807, 2.05) is 6.92 Å². The molecule has 0 aliphatic heterocycles. The molecular weight excluding hydrogens is 332 g/mol. The molecule has 0 radical (unpaired) electrons. The van der Waals surface area contributed by atoms with Crippen LogP contribution in [-0.2, 0) is 22.6 Å². The van der Waals surface area contributed by atoms with E-state index >= 15 is 0 Å². The van der Waals surface area contributed by atoms with Gasteiger partial charge in [0.25, 0.3) is 0 Å². The van der Waals surface area contributed by atoms with Crippen LogP contribution < -0.4 is 5.63 Å². The first-order valence-corrected chi connectivity index (χ1v) is 9.47. The van der Waals surface area contributed by atoms with Crippen molar-refractivity contribution in [3.63, 3.8) is 0 Å². The zero-order valence-electron chi connectivity index (χ0n) is 15.0. The zero-order chi connectivity index (χ0) is 18.3. The molecule has 2 aromatic rings. The summed E-state index contributed by atoms with van der Waals surface area (Å²) in [4.78, 5) is 24.1. The summed E-state index contributed by atoms with van der Waals surface area (Å²) in [6.07, 6.45) is 6.11. The van der Waals surface area contributed by atoms with Crippen molar-refractivity contribution in [3.05, 3.63) is 39.7 Å². The summed E-state index contributed by atoms with van der Waals surface area (Å²) < 4.78 is 10.7. The van der Waals surface area contributed by atoms with Crippen LogP contribution in [0.4, 0.5) is 0 Å². The highest BCUT2D eigenvalue weighted by atomic mass is 16.5. The van der Waals surface area contributed by atoms with Crippen LogP contribution >= 0.6 is 0 Å². The van der Waals surface area contributed by atoms with Gasteiger partial charge in [-0.25, -0.2) is 4.79 Å². The van der Waals surface area contributed by atoms with Gasteiger partial charge in [0.15, 0.2) is 0 Å². The minimum Gasteiger partial charge on any atom is -0.508 e. The van der Waals surface area contributed by atoms with Crippen LogP contribution in [0.2, 0.25) is 0 Å². The summed E-state index contributed by atoms with van der Waals surface area (Å²) in [5, 5.41) is 10.7. The number of phenols is 1. The van der Waals surface area contributed by atoms with E-state index in [0.29, 0.717) is 41.2 Å². The monoisotopic (exact) mass is 356 g/mol. The smallest absolute Gasteiger partial charge is 0.336 e. The first-order valence-electron chi connectivity index (χ1n) is 9.47. The number of esters is 1. The molecule has 0 unspecified atom stereocenters. The molecule has 4 rings (SSSR count). The number of carbonyl (C=O) groups excluding carboxylic acids is 1. The number of phenolic OH excluding ortho intramolecular Hbond substituents is 1. The highest BCUT2D eigenvalue weighted by Crippen LogP contribution is 2.49. The average molecular weight is 356 g/mol. The molecule has 138 valence electrons. The number of aromatic hydroxyl groups is 1. The highest BCUT2D eigenvalue weighted by molar-refractivity contribution is 5.83. The average Bonchev–Trinajstić information content (AvgIpc) is 3.22. The molecule has 2 fully saturated rings. The van der Waals surface area contributed by atoms with Crippen LogP contribution in [0.1, 0.15) is 50.2 Å². The molecule has 0 spiro atoms. The first-order chi connectivity index (χ1) is 12.5. The van der Waals surface area contributed by atoms with Gasteiger partial charge in [-0.05, 0) is 55.1 Å². The lowest BCUT2D eigenvalue weighted by Gasteiger charge is -2.20. The number of benzene rings is 1. The first kappa shape index (κ1) is 17.1. The molecule has 5 nitrogen and oxygen atoms in total. The van der Waals surface area contributed by atoms with Crippen molar-refractivity contribution in [1.29, 1.82) is 0 Å². The van der Waals surface area contributed by atoms with Gasteiger partial charge in [-0.2, -0.15) is 0 Å². The lowest BCUT2D eigenvalue weighted by molar-refractivity contribution is -0.146. The van der Waals surface area contributed by atoms with Crippen LogP contribution in [0.3, 0.4) is 0 Å². The Morgan fingerprint density at radius 2 is 2.08 bits per heavy atom. The van der Waals surface area contributed by atoms with Crippen molar-refractivity contribution in [2.45, 2.75) is 52.1 Å². The number of rotatable bonds is 5. The number of fused-ring (bicyclic) bond motifs is 3. The summed E-state index contributed by atoms with van der Waals surface area (Å²) in [6, 6.07) is 4.62. The van der Waals surface area contributed by atoms with Crippen molar-refractivity contribution in [3.8, 4) is 5.75 Å². The molecule has 2 aliphatic carbocycles. The molecule has 1 aromatic heterocycles. The quantitative estimate of drug-likeness (QED) is 0.649. The van der Waals surface area contributed by atoms with Gasteiger partial charge >= 0.3 is 11.6 Å². The van der Waals surface area contributed by atoms with Gasteiger partial charge in [-0.3, -0.25) is 4.79 Å². The molecule has 1 N–H and O–H groups in total. The van der Waals surface area contributed by atoms with Crippen LogP contribution in [0.25, 0.3) is 11.0 Å². The Kier molecular flexibility index (Phi) is 4.47. The van der Waals surface area contributed by atoms with E-state index in [1.165, 1.54) is 31.4 Å². The van der Waals surface area contributed by atoms with E-state index < -0.39 is 5.63 Å². The Morgan fingerprint density at radius 3 is 2.77 bits per heavy atom. The highest BCUT2D eigenvalue weighted by Gasteiger charge is 2.40. The zero-order valence-corrected chi connectivity index (χ0v) is 15.0. The van der Waals surface area contributed by atoms with E-state index in [2.05, 4.69) is 0 Å². The maximum absolute atomic E-state index is 12.3.